The molecule has 0 aromatic carbocycles. The van der Waals surface area contributed by atoms with Gasteiger partial charge in [-0.3, -0.25) is 9.97 Å². The summed E-state index contributed by atoms with van der Waals surface area (Å²) < 4.78 is 5.00. The molecular weight excluding hydrogens is 154 g/mol. The SMILES string of the molecule is COC[C@H](CN)c1cnccn1. The van der Waals surface area contributed by atoms with Crippen LogP contribution in [0, 0.1) is 0 Å². The Morgan fingerprint density at radius 2 is 2.42 bits per heavy atom. The van der Waals surface area contributed by atoms with Gasteiger partial charge in [0, 0.05) is 38.2 Å². The fourth-order valence-corrected chi connectivity index (χ4v) is 0.997. The highest BCUT2D eigenvalue weighted by atomic mass is 16.5. The topological polar surface area (TPSA) is 61.0 Å². The van der Waals surface area contributed by atoms with E-state index in [2.05, 4.69) is 9.97 Å². The molecule has 0 saturated carbocycles. The first kappa shape index (κ1) is 9.09. The molecule has 1 heterocycles. The van der Waals surface area contributed by atoms with Crippen LogP contribution in [-0.4, -0.2) is 30.2 Å². The summed E-state index contributed by atoms with van der Waals surface area (Å²) in [6.07, 6.45) is 5.02. The minimum atomic E-state index is 0.156. The number of nitrogens with two attached hydrogens (primary N) is 1. The van der Waals surface area contributed by atoms with E-state index in [9.17, 15) is 0 Å². The average molecular weight is 167 g/mol. The van der Waals surface area contributed by atoms with Crippen molar-refractivity contribution in [3.8, 4) is 0 Å². The van der Waals surface area contributed by atoms with Crippen molar-refractivity contribution in [1.29, 1.82) is 0 Å². The van der Waals surface area contributed by atoms with E-state index in [1.54, 1.807) is 25.7 Å². The van der Waals surface area contributed by atoms with E-state index in [-0.39, 0.29) is 5.92 Å². The van der Waals surface area contributed by atoms with Gasteiger partial charge in [-0.15, -0.1) is 0 Å². The van der Waals surface area contributed by atoms with E-state index in [1.165, 1.54) is 0 Å². The number of nitrogens with zero attached hydrogens (tertiary/aromatic N) is 2. The van der Waals surface area contributed by atoms with Gasteiger partial charge in [0.1, 0.15) is 0 Å². The third-order valence-corrected chi connectivity index (χ3v) is 1.65. The fraction of sp³-hybridized carbons (Fsp3) is 0.500. The molecule has 0 saturated heterocycles. The van der Waals surface area contributed by atoms with Crippen molar-refractivity contribution in [1.82, 2.24) is 9.97 Å². The first-order valence-electron chi connectivity index (χ1n) is 3.83. The predicted octanol–water partition coefficient (Wildman–Crippen LogP) is 0.165. The molecule has 0 aliphatic heterocycles. The molecule has 0 spiro atoms. The van der Waals surface area contributed by atoms with Crippen LogP contribution in [-0.2, 0) is 4.74 Å². The largest absolute Gasteiger partial charge is 0.384 e. The molecule has 1 rings (SSSR count). The quantitative estimate of drug-likeness (QED) is 0.694. The zero-order valence-corrected chi connectivity index (χ0v) is 7.10. The molecule has 0 fully saturated rings. The van der Waals surface area contributed by atoms with Gasteiger partial charge in [0.15, 0.2) is 0 Å². The zero-order valence-electron chi connectivity index (χ0n) is 7.10. The van der Waals surface area contributed by atoms with Gasteiger partial charge < -0.3 is 10.5 Å². The molecule has 1 aromatic rings. The Kier molecular flexibility index (Phi) is 3.63. The zero-order chi connectivity index (χ0) is 8.81. The number of methoxy groups -OCH3 is 1. The van der Waals surface area contributed by atoms with Crippen molar-refractivity contribution >= 4 is 0 Å². The molecule has 66 valence electrons. The number of hydrogen-bond acceptors (Lipinski definition) is 4. The molecule has 0 aliphatic rings. The van der Waals surface area contributed by atoms with Gasteiger partial charge in [-0.05, 0) is 0 Å². The standard InChI is InChI=1S/C8H13N3O/c1-12-6-7(4-9)8-5-10-2-3-11-8/h2-3,5,7H,4,6,9H2,1H3/t7-/m0/s1. The van der Waals surface area contributed by atoms with E-state index < -0.39 is 0 Å². The first-order chi connectivity index (χ1) is 5.88. The third-order valence-electron chi connectivity index (χ3n) is 1.65. The average Bonchev–Trinajstić information content (AvgIpc) is 2.15. The molecule has 1 atom stereocenters. The molecular formula is C8H13N3O. The Labute approximate surface area is 71.8 Å². The van der Waals surface area contributed by atoms with Crippen LogP contribution in [0.1, 0.15) is 11.6 Å². The smallest absolute Gasteiger partial charge is 0.0653 e. The third kappa shape index (κ3) is 2.25. The molecule has 2 N–H and O–H groups in total. The van der Waals surface area contributed by atoms with Gasteiger partial charge in [-0.1, -0.05) is 0 Å². The lowest BCUT2D eigenvalue weighted by atomic mass is 10.1. The minimum absolute atomic E-state index is 0.156. The van der Waals surface area contributed by atoms with E-state index in [0.717, 1.165) is 5.69 Å². The first-order valence-corrected chi connectivity index (χ1v) is 3.83. The summed E-state index contributed by atoms with van der Waals surface area (Å²) in [5.41, 5.74) is 6.43. The summed E-state index contributed by atoms with van der Waals surface area (Å²) in [7, 11) is 1.65. The highest BCUT2D eigenvalue weighted by Crippen LogP contribution is 2.09. The molecule has 0 aliphatic carbocycles. The van der Waals surface area contributed by atoms with Gasteiger partial charge >= 0.3 is 0 Å². The maximum absolute atomic E-state index is 5.54. The summed E-state index contributed by atoms with van der Waals surface area (Å²) >= 11 is 0. The summed E-state index contributed by atoms with van der Waals surface area (Å²) in [5, 5.41) is 0. The van der Waals surface area contributed by atoms with Crippen molar-refractivity contribution in [2.75, 3.05) is 20.3 Å². The normalized spacial score (nSPS) is 12.8. The van der Waals surface area contributed by atoms with Crippen LogP contribution in [0.2, 0.25) is 0 Å². The number of aromatic nitrogens is 2. The predicted molar refractivity (Wildman–Crippen MR) is 45.7 cm³/mol. The molecule has 0 amide bonds. The molecule has 4 heteroatoms. The second-order valence-electron chi connectivity index (χ2n) is 2.52. The summed E-state index contributed by atoms with van der Waals surface area (Å²) in [6, 6.07) is 0. The lowest BCUT2D eigenvalue weighted by Crippen LogP contribution is -2.18. The second-order valence-corrected chi connectivity index (χ2v) is 2.52. The van der Waals surface area contributed by atoms with Crippen molar-refractivity contribution in [2.45, 2.75) is 5.92 Å². The Hall–Kier alpha value is -1.00. The number of hydrogen-bond donors (Lipinski definition) is 1. The van der Waals surface area contributed by atoms with Gasteiger partial charge in [-0.25, -0.2) is 0 Å². The Morgan fingerprint density at radius 3 is 2.92 bits per heavy atom. The van der Waals surface area contributed by atoms with E-state index >= 15 is 0 Å². The number of rotatable bonds is 4. The highest BCUT2D eigenvalue weighted by molar-refractivity contribution is 5.03. The summed E-state index contributed by atoms with van der Waals surface area (Å²) in [5.74, 6) is 0.156. The Bertz CT molecular complexity index is 215. The molecule has 1 aromatic heterocycles. The van der Waals surface area contributed by atoms with E-state index in [1.807, 2.05) is 0 Å². The molecule has 0 bridgehead atoms. The fourth-order valence-electron chi connectivity index (χ4n) is 0.997. The van der Waals surface area contributed by atoms with Crippen LogP contribution in [0.15, 0.2) is 18.6 Å². The van der Waals surface area contributed by atoms with Crippen LogP contribution < -0.4 is 5.73 Å². The van der Waals surface area contributed by atoms with E-state index in [4.69, 9.17) is 10.5 Å². The minimum Gasteiger partial charge on any atom is -0.384 e. The monoisotopic (exact) mass is 167 g/mol. The van der Waals surface area contributed by atoms with Crippen LogP contribution in [0.4, 0.5) is 0 Å². The van der Waals surface area contributed by atoms with Gasteiger partial charge in [0.2, 0.25) is 0 Å². The van der Waals surface area contributed by atoms with Crippen molar-refractivity contribution in [3.63, 3.8) is 0 Å². The maximum Gasteiger partial charge on any atom is 0.0653 e. The Balaban J connectivity index is 2.66. The lowest BCUT2D eigenvalue weighted by Gasteiger charge is -2.11. The van der Waals surface area contributed by atoms with Crippen molar-refractivity contribution < 1.29 is 4.74 Å². The van der Waals surface area contributed by atoms with E-state index in [0.29, 0.717) is 13.2 Å². The summed E-state index contributed by atoms with van der Waals surface area (Å²) in [6.45, 7) is 1.13. The van der Waals surface area contributed by atoms with Crippen LogP contribution in [0.3, 0.4) is 0 Å². The van der Waals surface area contributed by atoms with Crippen LogP contribution in [0.5, 0.6) is 0 Å². The van der Waals surface area contributed by atoms with Crippen LogP contribution in [0.25, 0.3) is 0 Å². The molecule has 0 radical (unpaired) electrons. The maximum atomic E-state index is 5.54. The second kappa shape index (κ2) is 4.79. The molecule has 0 unspecified atom stereocenters. The molecule has 4 nitrogen and oxygen atoms in total. The Morgan fingerprint density at radius 1 is 1.58 bits per heavy atom. The highest BCUT2D eigenvalue weighted by Gasteiger charge is 2.09. The number of ether oxygens (including phenoxy) is 1. The summed E-state index contributed by atoms with van der Waals surface area (Å²) in [4.78, 5) is 8.11. The van der Waals surface area contributed by atoms with Crippen LogP contribution >= 0.6 is 0 Å². The van der Waals surface area contributed by atoms with Gasteiger partial charge in [-0.2, -0.15) is 0 Å². The van der Waals surface area contributed by atoms with Gasteiger partial charge in [0.25, 0.3) is 0 Å². The van der Waals surface area contributed by atoms with Gasteiger partial charge in [0.05, 0.1) is 12.3 Å². The van der Waals surface area contributed by atoms with Crippen molar-refractivity contribution in [2.24, 2.45) is 5.73 Å². The molecule has 12 heavy (non-hydrogen) atoms. The lowest BCUT2D eigenvalue weighted by molar-refractivity contribution is 0.179. The van der Waals surface area contributed by atoms with Crippen molar-refractivity contribution in [3.05, 3.63) is 24.3 Å².